The SMILES string of the molecule is CC/C=C\C/C=C\C/C=C\C/C=C\C/C=C\C/C=C\CCCCCCCCCCCCCCC(=O)OCC(COC(=O)CCCCCCCCCCCCC)OC(=O)CCCCCCCCCCC/C=C\C/C=C\CCCCCCC. The van der Waals surface area contributed by atoms with E-state index in [0.29, 0.717) is 19.3 Å². The fourth-order valence-corrected chi connectivity index (χ4v) is 9.89. The van der Waals surface area contributed by atoms with E-state index in [1.807, 2.05) is 0 Å². The van der Waals surface area contributed by atoms with Gasteiger partial charge < -0.3 is 14.2 Å². The Morgan fingerprint density at radius 2 is 0.481 bits per heavy atom. The minimum absolute atomic E-state index is 0.0755. The average molecular weight is 1130 g/mol. The van der Waals surface area contributed by atoms with Crippen molar-refractivity contribution in [1.29, 1.82) is 0 Å². The summed E-state index contributed by atoms with van der Waals surface area (Å²) in [6.07, 6.45) is 92.9. The second kappa shape index (κ2) is 68.8. The van der Waals surface area contributed by atoms with Crippen LogP contribution in [0.25, 0.3) is 0 Å². The van der Waals surface area contributed by atoms with E-state index in [2.05, 4.69) is 118 Å². The molecule has 0 aromatic carbocycles. The Hall–Kier alpha value is -3.67. The number of hydrogen-bond donors (Lipinski definition) is 0. The molecule has 1 atom stereocenters. The van der Waals surface area contributed by atoms with E-state index in [1.165, 1.54) is 199 Å². The van der Waals surface area contributed by atoms with Crippen LogP contribution in [0.2, 0.25) is 0 Å². The van der Waals surface area contributed by atoms with Crippen LogP contribution in [-0.2, 0) is 28.6 Å². The molecule has 466 valence electrons. The minimum atomic E-state index is -0.779. The van der Waals surface area contributed by atoms with Crippen molar-refractivity contribution in [3.63, 3.8) is 0 Å². The fourth-order valence-electron chi connectivity index (χ4n) is 9.89. The predicted octanol–water partition coefficient (Wildman–Crippen LogP) is 24.0. The summed E-state index contributed by atoms with van der Waals surface area (Å²) >= 11 is 0. The highest BCUT2D eigenvalue weighted by molar-refractivity contribution is 5.71. The first-order valence-corrected chi connectivity index (χ1v) is 34.7. The Bertz CT molecular complexity index is 1580. The highest BCUT2D eigenvalue weighted by atomic mass is 16.6. The third-order valence-electron chi connectivity index (χ3n) is 15.1. The number of unbranched alkanes of at least 4 members (excludes halogenated alkanes) is 36. The summed E-state index contributed by atoms with van der Waals surface area (Å²) in [4.78, 5) is 38.4. The van der Waals surface area contributed by atoms with Crippen LogP contribution in [0.1, 0.15) is 342 Å². The summed E-state index contributed by atoms with van der Waals surface area (Å²) in [5.41, 5.74) is 0. The fraction of sp³-hybridized carbons (Fsp3) is 0.747. The van der Waals surface area contributed by atoms with Crippen molar-refractivity contribution in [3.8, 4) is 0 Å². The number of esters is 3. The average Bonchev–Trinajstić information content (AvgIpc) is 3.47. The number of hydrogen-bond acceptors (Lipinski definition) is 6. The zero-order chi connectivity index (χ0) is 58.5. The number of carbonyl (C=O) groups excluding carboxylic acids is 3. The Kier molecular flexibility index (Phi) is 65.7. The summed E-state index contributed by atoms with van der Waals surface area (Å²) < 4.78 is 17.0. The van der Waals surface area contributed by atoms with Crippen LogP contribution < -0.4 is 0 Å². The maximum atomic E-state index is 12.9. The van der Waals surface area contributed by atoms with Gasteiger partial charge in [-0.05, 0) is 103 Å². The molecule has 0 amide bonds. The third-order valence-corrected chi connectivity index (χ3v) is 15.1. The molecule has 0 rings (SSSR count). The zero-order valence-electron chi connectivity index (χ0n) is 53.5. The van der Waals surface area contributed by atoms with Crippen molar-refractivity contribution in [2.75, 3.05) is 13.2 Å². The van der Waals surface area contributed by atoms with Gasteiger partial charge >= 0.3 is 17.9 Å². The molecule has 0 radical (unpaired) electrons. The van der Waals surface area contributed by atoms with Gasteiger partial charge in [0.05, 0.1) is 0 Å². The van der Waals surface area contributed by atoms with Crippen LogP contribution in [-0.4, -0.2) is 37.2 Å². The van der Waals surface area contributed by atoms with E-state index in [9.17, 15) is 14.4 Å². The Morgan fingerprint density at radius 1 is 0.259 bits per heavy atom. The largest absolute Gasteiger partial charge is 0.462 e. The van der Waals surface area contributed by atoms with Gasteiger partial charge in [0.15, 0.2) is 6.10 Å². The van der Waals surface area contributed by atoms with Gasteiger partial charge in [-0.15, -0.1) is 0 Å². The van der Waals surface area contributed by atoms with E-state index < -0.39 is 6.10 Å². The van der Waals surface area contributed by atoms with Crippen molar-refractivity contribution in [3.05, 3.63) is 97.2 Å². The van der Waals surface area contributed by atoms with Crippen LogP contribution in [0, 0.1) is 0 Å². The molecule has 0 N–H and O–H groups in total. The second-order valence-electron chi connectivity index (χ2n) is 23.1. The lowest BCUT2D eigenvalue weighted by Crippen LogP contribution is -2.30. The monoisotopic (exact) mass is 1130 g/mol. The Morgan fingerprint density at radius 3 is 0.753 bits per heavy atom. The van der Waals surface area contributed by atoms with Gasteiger partial charge in [-0.3, -0.25) is 14.4 Å². The first-order chi connectivity index (χ1) is 40.0. The summed E-state index contributed by atoms with van der Waals surface area (Å²) in [5, 5.41) is 0. The normalized spacial score (nSPS) is 12.7. The van der Waals surface area contributed by atoms with Crippen LogP contribution in [0.4, 0.5) is 0 Å². The van der Waals surface area contributed by atoms with Crippen LogP contribution in [0.15, 0.2) is 97.2 Å². The van der Waals surface area contributed by atoms with E-state index in [4.69, 9.17) is 14.2 Å². The summed E-state index contributed by atoms with van der Waals surface area (Å²) in [7, 11) is 0. The second-order valence-corrected chi connectivity index (χ2v) is 23.1. The van der Waals surface area contributed by atoms with Crippen molar-refractivity contribution in [1.82, 2.24) is 0 Å². The van der Waals surface area contributed by atoms with Gasteiger partial charge in [0.25, 0.3) is 0 Å². The van der Waals surface area contributed by atoms with Gasteiger partial charge in [0.2, 0.25) is 0 Å². The topological polar surface area (TPSA) is 78.9 Å². The van der Waals surface area contributed by atoms with Gasteiger partial charge in [0, 0.05) is 19.3 Å². The smallest absolute Gasteiger partial charge is 0.306 e. The molecule has 0 saturated heterocycles. The van der Waals surface area contributed by atoms with E-state index in [-0.39, 0.29) is 31.1 Å². The quantitative estimate of drug-likeness (QED) is 0.0261. The minimum Gasteiger partial charge on any atom is -0.462 e. The molecular weight excluding hydrogens is 997 g/mol. The highest BCUT2D eigenvalue weighted by Gasteiger charge is 2.19. The molecule has 0 aliphatic rings. The molecule has 0 aliphatic heterocycles. The van der Waals surface area contributed by atoms with Crippen LogP contribution in [0.5, 0.6) is 0 Å². The molecule has 0 fully saturated rings. The zero-order valence-corrected chi connectivity index (χ0v) is 53.5. The Labute approximate surface area is 502 Å². The van der Waals surface area contributed by atoms with Gasteiger partial charge in [-0.1, -0.05) is 317 Å². The molecule has 0 aliphatic carbocycles. The van der Waals surface area contributed by atoms with E-state index in [0.717, 1.165) is 103 Å². The molecule has 6 nitrogen and oxygen atoms in total. The van der Waals surface area contributed by atoms with Crippen LogP contribution in [0.3, 0.4) is 0 Å². The van der Waals surface area contributed by atoms with Gasteiger partial charge in [-0.2, -0.15) is 0 Å². The molecule has 6 heteroatoms. The van der Waals surface area contributed by atoms with Gasteiger partial charge in [-0.25, -0.2) is 0 Å². The molecule has 0 aromatic rings. The molecule has 0 bridgehead atoms. The van der Waals surface area contributed by atoms with Gasteiger partial charge in [0.1, 0.15) is 13.2 Å². The van der Waals surface area contributed by atoms with Crippen molar-refractivity contribution < 1.29 is 28.6 Å². The molecular formula is C75H130O6. The lowest BCUT2D eigenvalue weighted by atomic mass is 10.0. The molecule has 81 heavy (non-hydrogen) atoms. The molecule has 1 unspecified atom stereocenters. The number of rotatable bonds is 63. The third kappa shape index (κ3) is 67.0. The maximum absolute atomic E-state index is 12.9. The number of allylic oxidation sites excluding steroid dienone is 16. The summed E-state index contributed by atoms with van der Waals surface area (Å²) in [6.45, 7) is 6.54. The van der Waals surface area contributed by atoms with E-state index in [1.54, 1.807) is 0 Å². The molecule has 0 spiro atoms. The highest BCUT2D eigenvalue weighted by Crippen LogP contribution is 2.17. The molecule has 0 heterocycles. The maximum Gasteiger partial charge on any atom is 0.306 e. The van der Waals surface area contributed by atoms with Crippen molar-refractivity contribution in [2.24, 2.45) is 0 Å². The number of ether oxygens (including phenoxy) is 3. The molecule has 0 aromatic heterocycles. The van der Waals surface area contributed by atoms with Crippen LogP contribution >= 0.6 is 0 Å². The lowest BCUT2D eigenvalue weighted by Gasteiger charge is -2.18. The summed E-state index contributed by atoms with van der Waals surface area (Å²) in [5.74, 6) is -0.868. The standard InChI is InChI=1S/C75H130O6/c1-4-7-10-13-16-19-22-24-26-28-30-32-33-34-35-36-37-38-39-40-41-43-44-46-48-50-53-56-59-62-65-68-74(77)80-71-72(70-79-73(76)67-64-61-58-55-52-21-18-15-12-9-6-3)81-75(78)69-66-63-60-57-54-51-49-47-45-42-31-29-27-25-23-20-17-14-11-8-5-2/h7,10,16,19,23-26,29-32,34-35,37-38,72H,4-6,8-9,11-15,17-18,20-22,27-28,33,36,39-71H2,1-3H3/b10-7-,19-16-,25-23-,26-24-,31-29-,32-30-,35-34-,38-37-. The number of carbonyl (C=O) groups is 3. The predicted molar refractivity (Wildman–Crippen MR) is 353 cm³/mol. The first-order valence-electron chi connectivity index (χ1n) is 34.7. The van der Waals surface area contributed by atoms with Crippen molar-refractivity contribution in [2.45, 2.75) is 348 Å². The Balaban J connectivity index is 4.22. The lowest BCUT2D eigenvalue weighted by molar-refractivity contribution is -0.167. The summed E-state index contributed by atoms with van der Waals surface area (Å²) in [6, 6.07) is 0. The van der Waals surface area contributed by atoms with E-state index >= 15 is 0 Å². The molecule has 0 saturated carbocycles. The first kappa shape index (κ1) is 77.3. The van der Waals surface area contributed by atoms with Crippen molar-refractivity contribution >= 4 is 17.9 Å².